The van der Waals surface area contributed by atoms with Crippen LogP contribution in [0.4, 0.5) is 0 Å². The largest absolute Gasteiger partial charge is 0.459 e. The number of ether oxygens (including phenoxy) is 2. The molecule has 3 rings (SSSR count). The third-order valence-corrected chi connectivity index (χ3v) is 4.27. The monoisotopic (exact) mass is 409 g/mol. The Bertz CT molecular complexity index is 988. The van der Waals surface area contributed by atoms with Crippen LogP contribution in [0.2, 0.25) is 0 Å². The van der Waals surface area contributed by atoms with E-state index in [-0.39, 0.29) is 17.7 Å². The van der Waals surface area contributed by atoms with E-state index in [1.165, 1.54) is 30.6 Å². The minimum absolute atomic E-state index is 0.0486. The fourth-order valence-electron chi connectivity index (χ4n) is 2.70. The highest BCUT2D eigenvalue weighted by Crippen LogP contribution is 2.28. The van der Waals surface area contributed by atoms with E-state index >= 15 is 0 Å². The van der Waals surface area contributed by atoms with E-state index in [2.05, 4.69) is 9.97 Å². The lowest BCUT2D eigenvalue weighted by Gasteiger charge is -2.17. The van der Waals surface area contributed by atoms with Gasteiger partial charge in [-0.05, 0) is 18.2 Å². The molecule has 0 saturated carbocycles. The van der Waals surface area contributed by atoms with E-state index in [1.54, 1.807) is 0 Å². The van der Waals surface area contributed by atoms with Crippen molar-refractivity contribution in [2.24, 2.45) is 0 Å². The molecule has 1 fully saturated rings. The molecule has 4 atom stereocenters. The molecule has 1 saturated heterocycles. The Kier molecular flexibility index (Phi) is 6.05. The Morgan fingerprint density at radius 1 is 1.32 bits per heavy atom. The molecule has 0 amide bonds. The van der Waals surface area contributed by atoms with Gasteiger partial charge in [-0.15, -0.1) is 0 Å². The van der Waals surface area contributed by atoms with Crippen LogP contribution in [0, 0.1) is 0 Å². The minimum Gasteiger partial charge on any atom is -0.459 e. The van der Waals surface area contributed by atoms with Gasteiger partial charge in [0.1, 0.15) is 24.9 Å². The molecule has 11 heteroatoms. The van der Waals surface area contributed by atoms with Crippen LogP contribution < -0.4 is 11.2 Å². The van der Waals surface area contributed by atoms with Crippen molar-refractivity contribution in [3.63, 3.8) is 0 Å². The summed E-state index contributed by atoms with van der Waals surface area (Å²) in [5.74, 6) is -0.660. The van der Waals surface area contributed by atoms with Crippen molar-refractivity contribution < 1.29 is 24.5 Å². The molecule has 2 aromatic rings. The molecule has 0 aromatic carbocycles. The lowest BCUT2D eigenvalue weighted by molar-refractivity contribution is -0.0599. The zero-order valence-electron chi connectivity index (χ0n) is 14.3. The number of carbonyl (C=O) groups excluding carboxylic acids is 1. The number of hydrogen-bond acceptors (Lipinski definition) is 8. The fraction of sp³-hybridized carbons (Fsp3) is 0.294. The number of pyridine rings is 1. The first-order valence-electron chi connectivity index (χ1n) is 8.13. The molecule has 4 unspecified atom stereocenters. The second-order valence-electron chi connectivity index (χ2n) is 5.92. The zero-order chi connectivity index (χ0) is 20.3. The molecule has 0 bridgehead atoms. The number of esters is 1. The van der Waals surface area contributed by atoms with Gasteiger partial charge in [-0.1, -0.05) is 11.6 Å². The predicted octanol–water partition coefficient (Wildman–Crippen LogP) is -0.383. The highest BCUT2D eigenvalue weighted by Gasteiger charge is 2.44. The Morgan fingerprint density at radius 3 is 2.71 bits per heavy atom. The van der Waals surface area contributed by atoms with Gasteiger partial charge in [0.25, 0.3) is 5.56 Å². The molecule has 1 aliphatic rings. The molecular formula is C17H16ClN3O7. The van der Waals surface area contributed by atoms with Gasteiger partial charge in [0.15, 0.2) is 6.23 Å². The fourth-order valence-corrected chi connectivity index (χ4v) is 2.84. The van der Waals surface area contributed by atoms with Crippen molar-refractivity contribution in [2.45, 2.75) is 24.5 Å². The third-order valence-electron chi connectivity index (χ3n) is 4.14. The van der Waals surface area contributed by atoms with Crippen LogP contribution in [0.15, 0.2) is 45.8 Å². The van der Waals surface area contributed by atoms with E-state index < -0.39 is 41.8 Å². The molecule has 3 heterocycles. The van der Waals surface area contributed by atoms with Crippen molar-refractivity contribution in [1.82, 2.24) is 14.5 Å². The lowest BCUT2D eigenvalue weighted by atomic mass is 10.1. The van der Waals surface area contributed by atoms with Crippen molar-refractivity contribution in [2.75, 3.05) is 6.61 Å². The first-order valence-corrected chi connectivity index (χ1v) is 8.57. The first-order chi connectivity index (χ1) is 13.4. The van der Waals surface area contributed by atoms with Crippen LogP contribution >= 0.6 is 11.6 Å². The SMILES string of the molecule is O=C(OCC1OC(n2cc(/C=C/Cl)c(=O)[nH]c2=O)C(O)C1O)c1ccncc1. The average Bonchev–Trinajstić information content (AvgIpc) is 2.97. The van der Waals surface area contributed by atoms with E-state index in [0.717, 1.165) is 16.3 Å². The number of hydrogen-bond donors (Lipinski definition) is 3. The van der Waals surface area contributed by atoms with Crippen molar-refractivity contribution in [1.29, 1.82) is 0 Å². The quantitative estimate of drug-likeness (QED) is 0.567. The van der Waals surface area contributed by atoms with Crippen molar-refractivity contribution >= 4 is 23.6 Å². The summed E-state index contributed by atoms with van der Waals surface area (Å²) in [6, 6.07) is 2.91. The smallest absolute Gasteiger partial charge is 0.338 e. The van der Waals surface area contributed by atoms with Crippen LogP contribution in [0.5, 0.6) is 0 Å². The maximum Gasteiger partial charge on any atom is 0.338 e. The second-order valence-corrected chi connectivity index (χ2v) is 6.18. The first kappa shape index (κ1) is 20.0. The van der Waals surface area contributed by atoms with Gasteiger partial charge in [0.05, 0.1) is 11.1 Å². The summed E-state index contributed by atoms with van der Waals surface area (Å²) in [6.45, 7) is -0.359. The van der Waals surface area contributed by atoms with Crippen LogP contribution in [-0.4, -0.2) is 55.6 Å². The van der Waals surface area contributed by atoms with E-state index in [4.69, 9.17) is 21.1 Å². The number of rotatable bonds is 5. The average molecular weight is 410 g/mol. The molecule has 0 aliphatic carbocycles. The van der Waals surface area contributed by atoms with E-state index in [0.29, 0.717) is 0 Å². The molecule has 28 heavy (non-hydrogen) atoms. The molecule has 3 N–H and O–H groups in total. The summed E-state index contributed by atoms with van der Waals surface area (Å²) in [5, 5.41) is 20.5. The highest BCUT2D eigenvalue weighted by molar-refractivity contribution is 6.27. The summed E-state index contributed by atoms with van der Waals surface area (Å²) in [4.78, 5) is 41.6. The number of aliphatic hydroxyl groups excluding tert-OH is 2. The van der Waals surface area contributed by atoms with Gasteiger partial charge in [0, 0.05) is 24.1 Å². The number of aromatic nitrogens is 3. The van der Waals surface area contributed by atoms with E-state index in [1.807, 2.05) is 0 Å². The topological polar surface area (TPSA) is 144 Å². The summed E-state index contributed by atoms with van der Waals surface area (Å²) in [7, 11) is 0. The maximum atomic E-state index is 12.1. The Labute approximate surface area is 162 Å². The lowest BCUT2D eigenvalue weighted by Crippen LogP contribution is -2.38. The molecule has 0 spiro atoms. The van der Waals surface area contributed by atoms with Crippen LogP contribution in [0.25, 0.3) is 6.08 Å². The van der Waals surface area contributed by atoms with Gasteiger partial charge < -0.3 is 19.7 Å². The number of H-pyrrole nitrogens is 1. The van der Waals surface area contributed by atoms with Gasteiger partial charge in [0.2, 0.25) is 0 Å². The highest BCUT2D eigenvalue weighted by atomic mass is 35.5. The van der Waals surface area contributed by atoms with Crippen LogP contribution in [0.3, 0.4) is 0 Å². The molecule has 148 valence electrons. The van der Waals surface area contributed by atoms with Crippen molar-refractivity contribution in [3.05, 3.63) is 68.2 Å². The number of aliphatic hydroxyl groups is 2. The number of nitrogens with zero attached hydrogens (tertiary/aromatic N) is 2. The standard InChI is InChI=1S/C17H16ClN3O7/c18-4-1-10-7-21(17(26)20-14(10)24)15-13(23)12(22)11(28-15)8-27-16(25)9-2-5-19-6-3-9/h1-7,11-13,15,22-23H,8H2,(H,20,24,26)/b4-1+. The molecule has 10 nitrogen and oxygen atoms in total. The van der Waals surface area contributed by atoms with Gasteiger partial charge in [-0.3, -0.25) is 19.3 Å². The Balaban J connectivity index is 1.76. The van der Waals surface area contributed by atoms with Crippen LogP contribution in [0.1, 0.15) is 22.1 Å². The molecular weight excluding hydrogens is 394 g/mol. The number of halogens is 1. The summed E-state index contributed by atoms with van der Waals surface area (Å²) in [5.41, 5.74) is -0.126. The summed E-state index contributed by atoms with van der Waals surface area (Å²) in [6.07, 6.45) is -0.0709. The minimum atomic E-state index is -1.50. The summed E-state index contributed by atoms with van der Waals surface area (Å²) < 4.78 is 11.5. The van der Waals surface area contributed by atoms with Gasteiger partial charge >= 0.3 is 11.7 Å². The number of nitrogens with one attached hydrogen (secondary N) is 1. The molecule has 1 aliphatic heterocycles. The van der Waals surface area contributed by atoms with Gasteiger partial charge in [-0.25, -0.2) is 9.59 Å². The molecule has 0 radical (unpaired) electrons. The Hall–Kier alpha value is -2.79. The van der Waals surface area contributed by atoms with Crippen LogP contribution in [-0.2, 0) is 9.47 Å². The van der Waals surface area contributed by atoms with Crippen molar-refractivity contribution in [3.8, 4) is 0 Å². The van der Waals surface area contributed by atoms with E-state index in [9.17, 15) is 24.6 Å². The Morgan fingerprint density at radius 2 is 2.04 bits per heavy atom. The predicted molar refractivity (Wildman–Crippen MR) is 96.7 cm³/mol. The van der Waals surface area contributed by atoms with Gasteiger partial charge in [-0.2, -0.15) is 0 Å². The number of aromatic amines is 1. The normalized spacial score (nSPS) is 24.5. The number of carbonyl (C=O) groups is 1. The third kappa shape index (κ3) is 4.04. The second kappa shape index (κ2) is 8.48. The molecule has 2 aromatic heterocycles. The zero-order valence-corrected chi connectivity index (χ0v) is 15.0. The summed E-state index contributed by atoms with van der Waals surface area (Å²) >= 11 is 5.46. The maximum absolute atomic E-state index is 12.1.